The molecule has 0 radical (unpaired) electrons. The second-order valence-corrected chi connectivity index (χ2v) is 5.25. The van der Waals surface area contributed by atoms with Gasteiger partial charge in [0, 0.05) is 9.52 Å². The SMILES string of the molecule is C=Cc1ccc(C[SiH2]C=C(C)C)cc1. The van der Waals surface area contributed by atoms with E-state index >= 15 is 0 Å². The van der Waals surface area contributed by atoms with Crippen LogP contribution in [0.15, 0.2) is 42.1 Å². The van der Waals surface area contributed by atoms with Crippen LogP contribution in [0.1, 0.15) is 25.0 Å². The quantitative estimate of drug-likeness (QED) is 0.659. The summed E-state index contributed by atoms with van der Waals surface area (Å²) in [5.41, 5.74) is 6.54. The maximum atomic E-state index is 3.75. The fraction of sp³-hybridized carbons (Fsp3) is 0.231. The molecule has 0 aliphatic carbocycles. The molecule has 0 saturated heterocycles. The molecule has 0 N–H and O–H groups in total. The fourth-order valence-corrected chi connectivity index (χ4v) is 2.74. The number of rotatable bonds is 4. The van der Waals surface area contributed by atoms with E-state index in [1.165, 1.54) is 22.7 Å². The van der Waals surface area contributed by atoms with E-state index in [-0.39, 0.29) is 9.52 Å². The lowest BCUT2D eigenvalue weighted by molar-refractivity contribution is 1.36. The highest BCUT2D eigenvalue weighted by Gasteiger charge is 1.91. The van der Waals surface area contributed by atoms with Crippen molar-refractivity contribution in [3.8, 4) is 0 Å². The van der Waals surface area contributed by atoms with Crippen molar-refractivity contribution in [2.24, 2.45) is 0 Å². The maximum Gasteiger partial charge on any atom is 0.0497 e. The second kappa shape index (κ2) is 5.61. The Balaban J connectivity index is 2.52. The minimum atomic E-state index is -0.0409. The molecule has 1 heteroatoms. The monoisotopic (exact) mass is 202 g/mol. The van der Waals surface area contributed by atoms with Crippen molar-refractivity contribution < 1.29 is 0 Å². The number of hydrogen-bond donors (Lipinski definition) is 0. The van der Waals surface area contributed by atoms with E-state index < -0.39 is 0 Å². The molecule has 74 valence electrons. The Hall–Kier alpha value is -1.08. The Labute approximate surface area is 89.2 Å². The lowest BCUT2D eigenvalue weighted by Gasteiger charge is -1.99. The molecule has 0 amide bonds. The highest BCUT2D eigenvalue weighted by molar-refractivity contribution is 6.41. The fourth-order valence-electron chi connectivity index (χ4n) is 1.35. The standard InChI is InChI=1S/C13H18Si/c1-4-12-5-7-13(8-6-12)10-14-9-11(2)3/h4-9H,1,10,14H2,2-3H3. The molecule has 0 atom stereocenters. The zero-order valence-electron chi connectivity index (χ0n) is 9.09. The Morgan fingerprint density at radius 3 is 2.43 bits per heavy atom. The van der Waals surface area contributed by atoms with Gasteiger partial charge in [0.1, 0.15) is 0 Å². The Morgan fingerprint density at radius 2 is 1.93 bits per heavy atom. The van der Waals surface area contributed by atoms with E-state index in [2.05, 4.69) is 50.4 Å². The Kier molecular flexibility index (Phi) is 4.40. The van der Waals surface area contributed by atoms with Crippen LogP contribution in [0.25, 0.3) is 6.08 Å². The summed E-state index contributed by atoms with van der Waals surface area (Å²) in [6, 6.07) is 9.97. The van der Waals surface area contributed by atoms with Gasteiger partial charge < -0.3 is 0 Å². The van der Waals surface area contributed by atoms with Crippen molar-refractivity contribution >= 4 is 15.6 Å². The second-order valence-electron chi connectivity index (χ2n) is 3.77. The number of allylic oxidation sites excluding steroid dienone is 1. The van der Waals surface area contributed by atoms with E-state index in [0.29, 0.717) is 0 Å². The summed E-state index contributed by atoms with van der Waals surface area (Å²) in [7, 11) is -0.0409. The molecular formula is C13H18Si. The van der Waals surface area contributed by atoms with Crippen molar-refractivity contribution in [2.45, 2.75) is 19.9 Å². The maximum absolute atomic E-state index is 3.75. The topological polar surface area (TPSA) is 0 Å². The van der Waals surface area contributed by atoms with E-state index in [9.17, 15) is 0 Å². The van der Waals surface area contributed by atoms with Gasteiger partial charge >= 0.3 is 0 Å². The zero-order valence-corrected chi connectivity index (χ0v) is 10.5. The smallest absolute Gasteiger partial charge is 0.0497 e. The normalized spacial score (nSPS) is 10.4. The first kappa shape index (κ1) is 11.0. The number of benzene rings is 1. The summed E-state index contributed by atoms with van der Waals surface area (Å²) in [4.78, 5) is 0. The van der Waals surface area contributed by atoms with Gasteiger partial charge in [-0.15, -0.1) is 5.70 Å². The zero-order chi connectivity index (χ0) is 10.4. The van der Waals surface area contributed by atoms with E-state index in [1.807, 2.05) is 6.08 Å². The summed E-state index contributed by atoms with van der Waals surface area (Å²) < 4.78 is 0. The van der Waals surface area contributed by atoms with Crippen molar-refractivity contribution in [3.63, 3.8) is 0 Å². The molecule has 0 fully saturated rings. The van der Waals surface area contributed by atoms with Crippen LogP contribution in [-0.4, -0.2) is 9.52 Å². The van der Waals surface area contributed by atoms with Gasteiger partial charge in [-0.05, 0) is 25.5 Å². The predicted octanol–water partition coefficient (Wildman–Crippen LogP) is 2.92. The minimum absolute atomic E-state index is 0.0409. The van der Waals surface area contributed by atoms with Gasteiger partial charge in [0.15, 0.2) is 0 Å². The van der Waals surface area contributed by atoms with Gasteiger partial charge in [0.2, 0.25) is 0 Å². The molecular weight excluding hydrogens is 184 g/mol. The summed E-state index contributed by atoms with van der Waals surface area (Å²) in [6.45, 7) is 8.09. The largest absolute Gasteiger partial charge is 0.103 e. The van der Waals surface area contributed by atoms with Crippen LogP contribution in [0.5, 0.6) is 0 Å². The first-order valence-electron chi connectivity index (χ1n) is 5.07. The van der Waals surface area contributed by atoms with Crippen LogP contribution in [0, 0.1) is 0 Å². The summed E-state index contributed by atoms with van der Waals surface area (Å²) in [5.74, 6) is 0. The van der Waals surface area contributed by atoms with Gasteiger partial charge in [-0.3, -0.25) is 0 Å². The van der Waals surface area contributed by atoms with Gasteiger partial charge in [-0.1, -0.05) is 48.1 Å². The van der Waals surface area contributed by atoms with Crippen LogP contribution >= 0.6 is 0 Å². The molecule has 0 spiro atoms. The molecule has 1 rings (SSSR count). The molecule has 1 aromatic carbocycles. The highest BCUT2D eigenvalue weighted by atomic mass is 28.2. The third-order valence-electron chi connectivity index (χ3n) is 2.20. The molecule has 0 saturated carbocycles. The van der Waals surface area contributed by atoms with Gasteiger partial charge in [-0.25, -0.2) is 0 Å². The molecule has 0 aromatic heterocycles. The van der Waals surface area contributed by atoms with Gasteiger partial charge in [0.25, 0.3) is 0 Å². The van der Waals surface area contributed by atoms with Crippen molar-refractivity contribution in [3.05, 3.63) is 53.2 Å². The predicted molar refractivity (Wildman–Crippen MR) is 68.2 cm³/mol. The Bertz CT molecular complexity index is 316. The molecule has 0 heterocycles. The van der Waals surface area contributed by atoms with E-state index in [4.69, 9.17) is 0 Å². The lowest BCUT2D eigenvalue weighted by Crippen LogP contribution is -1.93. The van der Waals surface area contributed by atoms with E-state index in [0.717, 1.165) is 0 Å². The Morgan fingerprint density at radius 1 is 1.29 bits per heavy atom. The third kappa shape index (κ3) is 3.75. The van der Waals surface area contributed by atoms with E-state index in [1.54, 1.807) is 0 Å². The first-order valence-corrected chi connectivity index (χ1v) is 6.89. The van der Waals surface area contributed by atoms with Gasteiger partial charge in [-0.2, -0.15) is 0 Å². The minimum Gasteiger partial charge on any atom is -0.103 e. The van der Waals surface area contributed by atoms with Crippen molar-refractivity contribution in [2.75, 3.05) is 0 Å². The van der Waals surface area contributed by atoms with Crippen LogP contribution in [-0.2, 0) is 6.04 Å². The third-order valence-corrected chi connectivity index (χ3v) is 4.17. The molecule has 0 unspecified atom stereocenters. The molecule has 1 aromatic rings. The summed E-state index contributed by atoms with van der Waals surface area (Å²) in [5, 5.41) is 0. The number of hydrogen-bond acceptors (Lipinski definition) is 0. The molecule has 0 nitrogen and oxygen atoms in total. The lowest BCUT2D eigenvalue weighted by atomic mass is 10.1. The van der Waals surface area contributed by atoms with Gasteiger partial charge in [0.05, 0.1) is 0 Å². The average molecular weight is 202 g/mol. The summed E-state index contributed by atoms with van der Waals surface area (Å²) in [6.07, 6.45) is 1.89. The molecule has 0 bridgehead atoms. The average Bonchev–Trinajstić information content (AvgIpc) is 2.18. The highest BCUT2D eigenvalue weighted by Crippen LogP contribution is 2.05. The summed E-state index contributed by atoms with van der Waals surface area (Å²) >= 11 is 0. The molecule has 14 heavy (non-hydrogen) atoms. The van der Waals surface area contributed by atoms with Crippen molar-refractivity contribution in [1.82, 2.24) is 0 Å². The van der Waals surface area contributed by atoms with Crippen molar-refractivity contribution in [1.29, 1.82) is 0 Å². The first-order chi connectivity index (χ1) is 6.72. The van der Waals surface area contributed by atoms with Crippen LogP contribution in [0.3, 0.4) is 0 Å². The van der Waals surface area contributed by atoms with Crippen LogP contribution in [0.4, 0.5) is 0 Å². The van der Waals surface area contributed by atoms with Crippen LogP contribution < -0.4 is 0 Å². The molecule has 0 aliphatic rings. The molecule has 0 aliphatic heterocycles. The van der Waals surface area contributed by atoms with Crippen LogP contribution in [0.2, 0.25) is 0 Å².